The number of nitrogens with two attached hydrogens (primary N) is 1. The summed E-state index contributed by atoms with van der Waals surface area (Å²) in [4.78, 5) is 0. The van der Waals surface area contributed by atoms with Gasteiger partial charge in [0.15, 0.2) is 5.84 Å². The van der Waals surface area contributed by atoms with Gasteiger partial charge in [0, 0.05) is 12.2 Å². The Labute approximate surface area is 113 Å². The normalized spacial score (nSPS) is 20.3. The first-order valence-electron chi connectivity index (χ1n) is 6.53. The van der Waals surface area contributed by atoms with Gasteiger partial charge in [-0.2, -0.15) is 0 Å². The van der Waals surface area contributed by atoms with E-state index in [1.54, 1.807) is 6.07 Å². The van der Waals surface area contributed by atoms with Crippen LogP contribution >= 0.6 is 0 Å². The third kappa shape index (κ3) is 3.61. The van der Waals surface area contributed by atoms with Crippen molar-refractivity contribution in [1.82, 2.24) is 0 Å². The lowest BCUT2D eigenvalue weighted by molar-refractivity contribution is -0.0111. The Balaban J connectivity index is 1.97. The number of hydrogen-bond acceptors (Lipinski definition) is 4. The largest absolute Gasteiger partial charge is 0.491 e. The molecule has 5 nitrogen and oxygen atoms in total. The molecule has 0 spiro atoms. The Morgan fingerprint density at radius 3 is 3.00 bits per heavy atom. The number of rotatable bonds is 4. The Hall–Kier alpha value is -1.75. The van der Waals surface area contributed by atoms with Crippen LogP contribution in [0.25, 0.3) is 0 Å². The highest BCUT2D eigenvalue weighted by atomic mass is 16.5. The van der Waals surface area contributed by atoms with Crippen LogP contribution in [-0.4, -0.2) is 30.4 Å². The smallest absolute Gasteiger partial charge is 0.170 e. The molecule has 1 aromatic carbocycles. The molecule has 0 aromatic heterocycles. The van der Waals surface area contributed by atoms with Crippen LogP contribution in [0.15, 0.2) is 23.4 Å². The van der Waals surface area contributed by atoms with Gasteiger partial charge in [-0.3, -0.25) is 0 Å². The summed E-state index contributed by atoms with van der Waals surface area (Å²) in [5.74, 6) is 0.911. The van der Waals surface area contributed by atoms with E-state index in [0.717, 1.165) is 30.8 Å². The van der Waals surface area contributed by atoms with Crippen LogP contribution in [0.3, 0.4) is 0 Å². The lowest BCUT2D eigenvalue weighted by Gasteiger charge is -2.23. The maximum Gasteiger partial charge on any atom is 0.170 e. The first-order chi connectivity index (χ1) is 9.20. The highest BCUT2D eigenvalue weighted by molar-refractivity contribution is 5.97. The highest BCUT2D eigenvalue weighted by Gasteiger charge is 2.15. The fourth-order valence-corrected chi connectivity index (χ4v) is 2.15. The summed E-state index contributed by atoms with van der Waals surface area (Å²) >= 11 is 0. The van der Waals surface area contributed by atoms with Gasteiger partial charge >= 0.3 is 0 Å². The van der Waals surface area contributed by atoms with Gasteiger partial charge in [-0.1, -0.05) is 5.16 Å². The van der Waals surface area contributed by atoms with Gasteiger partial charge in [-0.25, -0.2) is 0 Å². The van der Waals surface area contributed by atoms with E-state index in [9.17, 15) is 0 Å². The Morgan fingerprint density at radius 1 is 1.53 bits per heavy atom. The van der Waals surface area contributed by atoms with Crippen molar-refractivity contribution < 1.29 is 14.7 Å². The second-order valence-corrected chi connectivity index (χ2v) is 4.77. The second kappa shape index (κ2) is 6.43. The Bertz CT molecular complexity index is 454. The number of ether oxygens (including phenoxy) is 2. The van der Waals surface area contributed by atoms with Crippen molar-refractivity contribution in [2.24, 2.45) is 10.9 Å². The van der Waals surface area contributed by atoms with Crippen molar-refractivity contribution in [3.05, 3.63) is 29.3 Å². The minimum Gasteiger partial charge on any atom is -0.491 e. The molecule has 1 fully saturated rings. The number of amidine groups is 1. The van der Waals surface area contributed by atoms with Crippen LogP contribution in [0, 0.1) is 6.92 Å². The molecular formula is C14H20N2O3. The van der Waals surface area contributed by atoms with E-state index < -0.39 is 0 Å². The average molecular weight is 264 g/mol. The first-order valence-corrected chi connectivity index (χ1v) is 6.53. The number of hydrogen-bond donors (Lipinski definition) is 2. The van der Waals surface area contributed by atoms with E-state index in [1.165, 1.54) is 6.42 Å². The molecule has 3 N–H and O–H groups in total. The van der Waals surface area contributed by atoms with Crippen molar-refractivity contribution in [3.8, 4) is 5.75 Å². The summed E-state index contributed by atoms with van der Waals surface area (Å²) in [7, 11) is 0. The zero-order valence-corrected chi connectivity index (χ0v) is 11.1. The SMILES string of the molecule is Cc1cc(/C(N)=N/O)ccc1OCC1CCCCO1. The molecule has 104 valence electrons. The molecule has 0 aliphatic carbocycles. The number of aryl methyl sites for hydroxylation is 1. The molecule has 1 unspecified atom stereocenters. The molecule has 1 saturated heterocycles. The highest BCUT2D eigenvalue weighted by Crippen LogP contribution is 2.21. The third-order valence-corrected chi connectivity index (χ3v) is 3.28. The molecule has 19 heavy (non-hydrogen) atoms. The summed E-state index contributed by atoms with van der Waals surface area (Å²) in [5, 5.41) is 11.6. The van der Waals surface area contributed by atoms with Gasteiger partial charge < -0.3 is 20.4 Å². The van der Waals surface area contributed by atoms with Crippen molar-refractivity contribution in [2.45, 2.75) is 32.3 Å². The monoisotopic (exact) mass is 264 g/mol. The van der Waals surface area contributed by atoms with Gasteiger partial charge in [0.2, 0.25) is 0 Å². The molecule has 1 atom stereocenters. The van der Waals surface area contributed by atoms with Crippen LogP contribution in [0.1, 0.15) is 30.4 Å². The molecule has 0 amide bonds. The van der Waals surface area contributed by atoms with E-state index in [2.05, 4.69) is 5.16 Å². The molecule has 1 aliphatic heterocycles. The predicted octanol–water partition coefficient (Wildman–Crippen LogP) is 2.04. The average Bonchev–Trinajstić information content (AvgIpc) is 2.46. The molecule has 1 aliphatic rings. The van der Waals surface area contributed by atoms with Gasteiger partial charge in [0.05, 0.1) is 6.10 Å². The summed E-state index contributed by atoms with van der Waals surface area (Å²) in [5.41, 5.74) is 7.18. The zero-order chi connectivity index (χ0) is 13.7. The van der Waals surface area contributed by atoms with Gasteiger partial charge in [0.1, 0.15) is 12.4 Å². The van der Waals surface area contributed by atoms with Crippen LogP contribution < -0.4 is 10.5 Å². The van der Waals surface area contributed by atoms with Crippen molar-refractivity contribution in [2.75, 3.05) is 13.2 Å². The minimum atomic E-state index is 0.102. The first kappa shape index (κ1) is 13.7. The third-order valence-electron chi connectivity index (χ3n) is 3.28. The van der Waals surface area contributed by atoms with Crippen LogP contribution in [0.4, 0.5) is 0 Å². The fourth-order valence-electron chi connectivity index (χ4n) is 2.15. The second-order valence-electron chi connectivity index (χ2n) is 4.77. The molecule has 0 bridgehead atoms. The van der Waals surface area contributed by atoms with E-state index in [4.69, 9.17) is 20.4 Å². The minimum absolute atomic E-state index is 0.102. The number of nitrogens with zero attached hydrogens (tertiary/aromatic N) is 1. The molecule has 5 heteroatoms. The number of benzene rings is 1. The topological polar surface area (TPSA) is 77.1 Å². The van der Waals surface area contributed by atoms with Gasteiger partial charge in [0.25, 0.3) is 0 Å². The number of oxime groups is 1. The summed E-state index contributed by atoms with van der Waals surface area (Å²) < 4.78 is 11.4. The van der Waals surface area contributed by atoms with Gasteiger partial charge in [-0.05, 0) is 49.9 Å². The molecule has 0 saturated carbocycles. The lowest BCUT2D eigenvalue weighted by atomic mass is 10.1. The molecule has 2 rings (SSSR count). The standard InChI is InChI=1S/C14H20N2O3/c1-10-8-11(14(15)16-17)5-6-13(10)19-9-12-4-2-3-7-18-12/h5-6,8,12,17H,2-4,7,9H2,1H3,(H2,15,16). The van der Waals surface area contributed by atoms with Crippen molar-refractivity contribution >= 4 is 5.84 Å². The maximum atomic E-state index is 8.64. The Kier molecular flexibility index (Phi) is 4.63. The van der Waals surface area contributed by atoms with E-state index in [1.807, 2.05) is 19.1 Å². The summed E-state index contributed by atoms with van der Waals surface area (Å²) in [6.07, 6.45) is 3.60. The lowest BCUT2D eigenvalue weighted by Crippen LogP contribution is -2.26. The predicted molar refractivity (Wildman–Crippen MR) is 72.8 cm³/mol. The zero-order valence-electron chi connectivity index (χ0n) is 11.1. The van der Waals surface area contributed by atoms with Crippen molar-refractivity contribution in [1.29, 1.82) is 0 Å². The molecule has 1 aromatic rings. The maximum absolute atomic E-state index is 8.64. The van der Waals surface area contributed by atoms with E-state index >= 15 is 0 Å². The Morgan fingerprint density at radius 2 is 2.37 bits per heavy atom. The fraction of sp³-hybridized carbons (Fsp3) is 0.500. The summed E-state index contributed by atoms with van der Waals surface area (Å²) in [6.45, 7) is 3.34. The molecule has 0 radical (unpaired) electrons. The summed E-state index contributed by atoms with van der Waals surface area (Å²) in [6, 6.07) is 5.46. The van der Waals surface area contributed by atoms with E-state index in [-0.39, 0.29) is 11.9 Å². The van der Waals surface area contributed by atoms with Crippen LogP contribution in [0.2, 0.25) is 0 Å². The van der Waals surface area contributed by atoms with Crippen molar-refractivity contribution in [3.63, 3.8) is 0 Å². The van der Waals surface area contributed by atoms with Crippen LogP contribution in [-0.2, 0) is 4.74 Å². The van der Waals surface area contributed by atoms with E-state index in [0.29, 0.717) is 12.2 Å². The quantitative estimate of drug-likeness (QED) is 0.377. The molecule has 1 heterocycles. The van der Waals surface area contributed by atoms with Gasteiger partial charge in [-0.15, -0.1) is 0 Å². The van der Waals surface area contributed by atoms with Crippen LogP contribution in [0.5, 0.6) is 5.75 Å². The molecular weight excluding hydrogens is 244 g/mol.